The SMILES string of the molecule is O=C(/C=C/c1ccc(F)cc1)Nc1nnc(-c2ccccc2)s1. The van der Waals surface area contributed by atoms with Crippen molar-refractivity contribution in [1.29, 1.82) is 0 Å². The molecule has 0 aliphatic carbocycles. The van der Waals surface area contributed by atoms with Gasteiger partial charge in [-0.05, 0) is 23.8 Å². The van der Waals surface area contributed by atoms with E-state index in [1.165, 1.54) is 29.5 Å². The van der Waals surface area contributed by atoms with E-state index in [1.54, 1.807) is 18.2 Å². The van der Waals surface area contributed by atoms with Gasteiger partial charge in [0, 0.05) is 11.6 Å². The summed E-state index contributed by atoms with van der Waals surface area (Å²) >= 11 is 1.30. The van der Waals surface area contributed by atoms with Gasteiger partial charge in [-0.25, -0.2) is 4.39 Å². The summed E-state index contributed by atoms with van der Waals surface area (Å²) in [4.78, 5) is 11.9. The maximum Gasteiger partial charge on any atom is 0.250 e. The van der Waals surface area contributed by atoms with Crippen molar-refractivity contribution in [3.8, 4) is 10.6 Å². The van der Waals surface area contributed by atoms with Crippen LogP contribution in [-0.4, -0.2) is 16.1 Å². The average Bonchev–Trinajstić information content (AvgIpc) is 3.04. The first-order chi connectivity index (χ1) is 11.2. The number of amides is 1. The summed E-state index contributed by atoms with van der Waals surface area (Å²) in [6.45, 7) is 0. The Labute approximate surface area is 136 Å². The Morgan fingerprint density at radius 2 is 1.78 bits per heavy atom. The first-order valence-corrected chi connectivity index (χ1v) is 7.66. The van der Waals surface area contributed by atoms with E-state index >= 15 is 0 Å². The zero-order chi connectivity index (χ0) is 16.1. The topological polar surface area (TPSA) is 54.9 Å². The molecule has 3 aromatic rings. The molecule has 23 heavy (non-hydrogen) atoms. The van der Waals surface area contributed by atoms with Gasteiger partial charge in [-0.1, -0.05) is 53.8 Å². The molecule has 6 heteroatoms. The fraction of sp³-hybridized carbons (Fsp3) is 0. The van der Waals surface area contributed by atoms with Crippen molar-refractivity contribution in [3.63, 3.8) is 0 Å². The Hall–Kier alpha value is -2.86. The molecular formula is C17H12FN3OS. The number of carbonyl (C=O) groups excluding carboxylic acids is 1. The molecule has 0 radical (unpaired) electrons. The third-order valence-electron chi connectivity index (χ3n) is 2.97. The van der Waals surface area contributed by atoms with Gasteiger partial charge in [0.2, 0.25) is 11.0 Å². The van der Waals surface area contributed by atoms with Crippen molar-refractivity contribution in [1.82, 2.24) is 10.2 Å². The summed E-state index contributed by atoms with van der Waals surface area (Å²) in [6, 6.07) is 15.5. The van der Waals surface area contributed by atoms with Crippen LogP contribution in [0.15, 0.2) is 60.7 Å². The zero-order valence-corrected chi connectivity index (χ0v) is 12.8. The number of nitrogens with one attached hydrogen (secondary N) is 1. The van der Waals surface area contributed by atoms with Crippen molar-refractivity contribution in [3.05, 3.63) is 72.1 Å². The molecule has 0 saturated carbocycles. The van der Waals surface area contributed by atoms with Crippen LogP contribution in [0.3, 0.4) is 0 Å². The first-order valence-electron chi connectivity index (χ1n) is 6.84. The fourth-order valence-electron chi connectivity index (χ4n) is 1.86. The summed E-state index contributed by atoms with van der Waals surface area (Å²) in [6.07, 6.45) is 2.98. The average molecular weight is 325 g/mol. The van der Waals surface area contributed by atoms with E-state index in [0.29, 0.717) is 5.13 Å². The molecule has 3 rings (SSSR count). The minimum Gasteiger partial charge on any atom is -0.297 e. The van der Waals surface area contributed by atoms with E-state index in [9.17, 15) is 9.18 Å². The standard InChI is InChI=1S/C17H12FN3OS/c18-14-9-6-12(7-10-14)8-11-15(22)19-17-21-20-16(23-17)13-4-2-1-3-5-13/h1-11H,(H,19,21,22)/b11-8+. The summed E-state index contributed by atoms with van der Waals surface area (Å²) < 4.78 is 12.8. The van der Waals surface area contributed by atoms with Crippen molar-refractivity contribution < 1.29 is 9.18 Å². The quantitative estimate of drug-likeness (QED) is 0.738. The van der Waals surface area contributed by atoms with E-state index in [0.717, 1.165) is 16.1 Å². The Kier molecular flexibility index (Phi) is 4.54. The van der Waals surface area contributed by atoms with Crippen LogP contribution in [0.25, 0.3) is 16.6 Å². The Morgan fingerprint density at radius 3 is 2.52 bits per heavy atom. The minimum atomic E-state index is -0.315. The number of benzene rings is 2. The van der Waals surface area contributed by atoms with Crippen LogP contribution in [0.4, 0.5) is 9.52 Å². The van der Waals surface area contributed by atoms with E-state index < -0.39 is 0 Å². The number of rotatable bonds is 4. The Morgan fingerprint density at radius 1 is 1.04 bits per heavy atom. The van der Waals surface area contributed by atoms with Gasteiger partial charge in [0.15, 0.2) is 0 Å². The van der Waals surface area contributed by atoms with Gasteiger partial charge in [0.1, 0.15) is 10.8 Å². The molecule has 0 aliphatic rings. The van der Waals surface area contributed by atoms with Gasteiger partial charge in [-0.15, -0.1) is 10.2 Å². The lowest BCUT2D eigenvalue weighted by atomic mass is 10.2. The molecule has 0 bridgehead atoms. The van der Waals surface area contributed by atoms with Crippen molar-refractivity contribution >= 4 is 28.5 Å². The molecule has 0 saturated heterocycles. The lowest BCUT2D eigenvalue weighted by molar-refractivity contribution is -0.111. The predicted octanol–water partition coefficient (Wildman–Crippen LogP) is 4.00. The molecule has 0 spiro atoms. The largest absolute Gasteiger partial charge is 0.297 e. The van der Waals surface area contributed by atoms with Crippen LogP contribution in [0.1, 0.15) is 5.56 Å². The van der Waals surface area contributed by atoms with Gasteiger partial charge in [-0.2, -0.15) is 0 Å². The second-order valence-electron chi connectivity index (χ2n) is 4.65. The van der Waals surface area contributed by atoms with Crippen LogP contribution in [0.2, 0.25) is 0 Å². The second kappa shape index (κ2) is 6.93. The normalized spacial score (nSPS) is 10.8. The highest BCUT2D eigenvalue weighted by molar-refractivity contribution is 7.18. The predicted molar refractivity (Wildman–Crippen MR) is 89.4 cm³/mol. The van der Waals surface area contributed by atoms with E-state index in [4.69, 9.17) is 0 Å². The molecule has 0 atom stereocenters. The van der Waals surface area contributed by atoms with Gasteiger partial charge in [0.25, 0.3) is 0 Å². The molecule has 1 aromatic heterocycles. The molecular weight excluding hydrogens is 313 g/mol. The molecule has 4 nitrogen and oxygen atoms in total. The molecule has 114 valence electrons. The molecule has 0 aliphatic heterocycles. The highest BCUT2D eigenvalue weighted by atomic mass is 32.1. The zero-order valence-electron chi connectivity index (χ0n) is 11.9. The maximum absolute atomic E-state index is 12.8. The minimum absolute atomic E-state index is 0.311. The number of halogens is 1. The fourth-order valence-corrected chi connectivity index (χ4v) is 2.62. The first kappa shape index (κ1) is 15.1. The monoisotopic (exact) mass is 325 g/mol. The molecule has 1 N–H and O–H groups in total. The smallest absolute Gasteiger partial charge is 0.250 e. The second-order valence-corrected chi connectivity index (χ2v) is 5.63. The van der Waals surface area contributed by atoms with Gasteiger partial charge >= 0.3 is 0 Å². The lowest BCUT2D eigenvalue weighted by Gasteiger charge is -1.95. The number of carbonyl (C=O) groups is 1. The van der Waals surface area contributed by atoms with E-state index in [-0.39, 0.29) is 11.7 Å². The van der Waals surface area contributed by atoms with Crippen molar-refractivity contribution in [2.45, 2.75) is 0 Å². The van der Waals surface area contributed by atoms with Crippen LogP contribution in [0, 0.1) is 5.82 Å². The van der Waals surface area contributed by atoms with Crippen LogP contribution >= 0.6 is 11.3 Å². The number of nitrogens with zero attached hydrogens (tertiary/aromatic N) is 2. The number of aromatic nitrogens is 2. The lowest BCUT2D eigenvalue weighted by Crippen LogP contribution is -2.07. The number of hydrogen-bond donors (Lipinski definition) is 1. The van der Waals surface area contributed by atoms with E-state index in [1.807, 2.05) is 30.3 Å². The molecule has 0 fully saturated rings. The van der Waals surface area contributed by atoms with Crippen LogP contribution in [0.5, 0.6) is 0 Å². The van der Waals surface area contributed by atoms with Crippen molar-refractivity contribution in [2.75, 3.05) is 5.32 Å². The third kappa shape index (κ3) is 4.08. The summed E-state index contributed by atoms with van der Waals surface area (Å²) in [5.74, 6) is -0.626. The van der Waals surface area contributed by atoms with Crippen LogP contribution in [-0.2, 0) is 4.79 Å². The van der Waals surface area contributed by atoms with Gasteiger partial charge < -0.3 is 0 Å². The van der Waals surface area contributed by atoms with E-state index in [2.05, 4.69) is 15.5 Å². The third-order valence-corrected chi connectivity index (χ3v) is 3.86. The highest BCUT2D eigenvalue weighted by Gasteiger charge is 2.07. The molecule has 1 heterocycles. The Bertz CT molecular complexity index is 829. The molecule has 0 unspecified atom stereocenters. The summed E-state index contributed by atoms with van der Waals surface area (Å²) in [5.41, 5.74) is 1.69. The number of anilines is 1. The number of hydrogen-bond acceptors (Lipinski definition) is 4. The van der Waals surface area contributed by atoms with Gasteiger partial charge in [0.05, 0.1) is 0 Å². The van der Waals surface area contributed by atoms with Gasteiger partial charge in [-0.3, -0.25) is 10.1 Å². The molecule has 2 aromatic carbocycles. The van der Waals surface area contributed by atoms with Crippen molar-refractivity contribution in [2.24, 2.45) is 0 Å². The Balaban J connectivity index is 1.64. The molecule has 1 amide bonds. The maximum atomic E-state index is 12.8. The summed E-state index contributed by atoms with van der Waals surface area (Å²) in [5, 5.41) is 11.8. The highest BCUT2D eigenvalue weighted by Crippen LogP contribution is 2.25. The summed E-state index contributed by atoms with van der Waals surface area (Å²) in [7, 11) is 0. The van der Waals surface area contributed by atoms with Crippen LogP contribution < -0.4 is 5.32 Å².